The van der Waals surface area contributed by atoms with Crippen LogP contribution in [0.2, 0.25) is 0 Å². The highest BCUT2D eigenvalue weighted by Crippen LogP contribution is 2.31. The number of nitrogens with zero attached hydrogens (tertiary/aromatic N) is 1. The molecule has 1 aromatic rings. The molecular formula is C15H20N2O3. The molecule has 1 N–H and O–H groups in total. The van der Waals surface area contributed by atoms with E-state index in [1.807, 2.05) is 24.1 Å². The maximum atomic E-state index is 12.5. The van der Waals surface area contributed by atoms with Crippen molar-refractivity contribution in [1.82, 2.24) is 10.2 Å². The number of carbonyl (C=O) groups excluding carboxylic acids is 1. The van der Waals surface area contributed by atoms with Gasteiger partial charge in [0.2, 0.25) is 0 Å². The summed E-state index contributed by atoms with van der Waals surface area (Å²) in [5, 5.41) is 3.25. The van der Waals surface area contributed by atoms with Gasteiger partial charge in [-0.3, -0.25) is 4.79 Å². The summed E-state index contributed by atoms with van der Waals surface area (Å²) in [6, 6.07) is 5.82. The number of ether oxygens (including phenoxy) is 2. The molecule has 3 rings (SSSR count). The quantitative estimate of drug-likeness (QED) is 0.884. The molecular weight excluding hydrogens is 256 g/mol. The van der Waals surface area contributed by atoms with Gasteiger partial charge in [-0.1, -0.05) is 0 Å². The van der Waals surface area contributed by atoms with Crippen LogP contribution in [0.4, 0.5) is 0 Å². The Morgan fingerprint density at radius 1 is 1.30 bits per heavy atom. The number of rotatable bonds is 2. The van der Waals surface area contributed by atoms with E-state index in [9.17, 15) is 4.79 Å². The molecule has 0 radical (unpaired) electrons. The molecule has 2 heterocycles. The summed E-state index contributed by atoms with van der Waals surface area (Å²) < 4.78 is 11.0. The van der Waals surface area contributed by atoms with Gasteiger partial charge in [-0.15, -0.1) is 0 Å². The maximum absolute atomic E-state index is 12.5. The van der Waals surface area contributed by atoms with Crippen LogP contribution >= 0.6 is 0 Å². The fraction of sp³-hybridized carbons (Fsp3) is 0.533. The summed E-state index contributed by atoms with van der Waals surface area (Å²) in [5.41, 5.74) is 0.672. The minimum atomic E-state index is 0.0712. The van der Waals surface area contributed by atoms with Crippen LogP contribution in [0.5, 0.6) is 11.5 Å². The van der Waals surface area contributed by atoms with E-state index in [0.29, 0.717) is 30.6 Å². The van der Waals surface area contributed by atoms with Crippen LogP contribution in [0.3, 0.4) is 0 Å². The van der Waals surface area contributed by atoms with Gasteiger partial charge in [-0.2, -0.15) is 0 Å². The van der Waals surface area contributed by atoms with E-state index in [1.165, 1.54) is 0 Å². The molecule has 0 saturated carbocycles. The van der Waals surface area contributed by atoms with E-state index in [0.717, 1.165) is 31.7 Å². The third-order valence-corrected chi connectivity index (χ3v) is 3.91. The standard InChI is InChI=1S/C15H20N2O3/c1-16-12-3-2-6-17(10-12)15(18)11-4-5-13-14(9-11)20-8-7-19-13/h4-5,9,12,16H,2-3,6-8,10H2,1H3/t12-/m0/s1. The van der Waals surface area contributed by atoms with Crippen molar-refractivity contribution in [2.75, 3.05) is 33.4 Å². The fourth-order valence-electron chi connectivity index (χ4n) is 2.76. The number of fused-ring (bicyclic) bond motifs is 1. The summed E-state index contributed by atoms with van der Waals surface area (Å²) >= 11 is 0. The highest BCUT2D eigenvalue weighted by atomic mass is 16.6. The molecule has 20 heavy (non-hydrogen) atoms. The summed E-state index contributed by atoms with van der Waals surface area (Å²) in [5.74, 6) is 1.46. The number of amides is 1. The number of likely N-dealkylation sites (N-methyl/N-ethyl adjacent to an activating group) is 1. The highest BCUT2D eigenvalue weighted by molar-refractivity contribution is 5.95. The number of nitrogens with one attached hydrogen (secondary N) is 1. The van der Waals surface area contributed by atoms with E-state index in [2.05, 4.69) is 5.32 Å². The largest absolute Gasteiger partial charge is 0.486 e. The van der Waals surface area contributed by atoms with Gasteiger partial charge in [0, 0.05) is 24.7 Å². The van der Waals surface area contributed by atoms with E-state index in [4.69, 9.17) is 9.47 Å². The van der Waals surface area contributed by atoms with Gasteiger partial charge in [0.15, 0.2) is 11.5 Å². The Balaban J connectivity index is 1.76. The van der Waals surface area contributed by atoms with Crippen molar-refractivity contribution in [2.45, 2.75) is 18.9 Å². The summed E-state index contributed by atoms with van der Waals surface area (Å²) in [6.07, 6.45) is 2.17. The van der Waals surface area contributed by atoms with Crippen LogP contribution in [0.15, 0.2) is 18.2 Å². The van der Waals surface area contributed by atoms with Crippen molar-refractivity contribution in [2.24, 2.45) is 0 Å². The molecule has 0 unspecified atom stereocenters. The normalized spacial score (nSPS) is 21.6. The predicted molar refractivity (Wildman–Crippen MR) is 75.4 cm³/mol. The number of hydrogen-bond acceptors (Lipinski definition) is 4. The van der Waals surface area contributed by atoms with Crippen LogP contribution in [0, 0.1) is 0 Å². The number of benzene rings is 1. The lowest BCUT2D eigenvalue weighted by atomic mass is 10.0. The second-order valence-corrected chi connectivity index (χ2v) is 5.24. The van der Waals surface area contributed by atoms with E-state index < -0.39 is 0 Å². The first-order valence-corrected chi connectivity index (χ1v) is 7.14. The molecule has 0 aliphatic carbocycles. The van der Waals surface area contributed by atoms with Crippen LogP contribution in [0.25, 0.3) is 0 Å². The Kier molecular flexibility index (Phi) is 3.78. The Morgan fingerprint density at radius 3 is 2.90 bits per heavy atom. The second-order valence-electron chi connectivity index (χ2n) is 5.24. The van der Waals surface area contributed by atoms with Crippen LogP contribution in [-0.2, 0) is 0 Å². The number of hydrogen-bond donors (Lipinski definition) is 1. The molecule has 0 aromatic heterocycles. The van der Waals surface area contributed by atoms with Gasteiger partial charge in [0.25, 0.3) is 5.91 Å². The minimum Gasteiger partial charge on any atom is -0.486 e. The maximum Gasteiger partial charge on any atom is 0.254 e. The third-order valence-electron chi connectivity index (χ3n) is 3.91. The molecule has 5 heteroatoms. The zero-order valence-corrected chi connectivity index (χ0v) is 11.7. The molecule has 0 bridgehead atoms. The zero-order chi connectivity index (χ0) is 13.9. The summed E-state index contributed by atoms with van der Waals surface area (Å²) in [7, 11) is 1.95. The molecule has 1 fully saturated rings. The first-order chi connectivity index (χ1) is 9.78. The predicted octanol–water partition coefficient (Wildman–Crippen LogP) is 1.28. The van der Waals surface area contributed by atoms with Gasteiger partial charge < -0.3 is 19.7 Å². The van der Waals surface area contributed by atoms with Crippen LogP contribution < -0.4 is 14.8 Å². The first-order valence-electron chi connectivity index (χ1n) is 7.14. The molecule has 5 nitrogen and oxygen atoms in total. The molecule has 1 aromatic carbocycles. The molecule has 108 valence electrons. The highest BCUT2D eigenvalue weighted by Gasteiger charge is 2.24. The van der Waals surface area contributed by atoms with Crippen molar-refractivity contribution >= 4 is 5.91 Å². The SMILES string of the molecule is CN[C@H]1CCCN(C(=O)c2ccc3c(c2)OCCO3)C1. The third kappa shape index (κ3) is 2.58. The van der Waals surface area contributed by atoms with Gasteiger partial charge in [0.05, 0.1) is 0 Å². The fourth-order valence-corrected chi connectivity index (χ4v) is 2.76. The van der Waals surface area contributed by atoms with Gasteiger partial charge >= 0.3 is 0 Å². The van der Waals surface area contributed by atoms with E-state index >= 15 is 0 Å². The van der Waals surface area contributed by atoms with Gasteiger partial charge in [-0.25, -0.2) is 0 Å². The second kappa shape index (κ2) is 5.71. The summed E-state index contributed by atoms with van der Waals surface area (Å²) in [4.78, 5) is 14.5. The molecule has 2 aliphatic rings. The Bertz CT molecular complexity index is 504. The smallest absolute Gasteiger partial charge is 0.254 e. The first kappa shape index (κ1) is 13.2. The monoisotopic (exact) mass is 276 g/mol. The average molecular weight is 276 g/mol. The number of carbonyl (C=O) groups is 1. The lowest BCUT2D eigenvalue weighted by molar-refractivity contribution is 0.0697. The van der Waals surface area contributed by atoms with Crippen LogP contribution in [-0.4, -0.2) is 50.2 Å². The average Bonchev–Trinajstić information content (AvgIpc) is 2.53. The van der Waals surface area contributed by atoms with Crippen LogP contribution in [0.1, 0.15) is 23.2 Å². The van der Waals surface area contributed by atoms with Crippen molar-refractivity contribution in [1.29, 1.82) is 0 Å². The molecule has 2 aliphatic heterocycles. The Morgan fingerprint density at radius 2 is 2.10 bits per heavy atom. The van der Waals surface area contributed by atoms with E-state index in [1.54, 1.807) is 6.07 Å². The minimum absolute atomic E-state index is 0.0712. The van der Waals surface area contributed by atoms with Crippen molar-refractivity contribution in [3.8, 4) is 11.5 Å². The Hall–Kier alpha value is -1.75. The molecule has 1 atom stereocenters. The van der Waals surface area contributed by atoms with Crippen molar-refractivity contribution < 1.29 is 14.3 Å². The molecule has 1 saturated heterocycles. The van der Waals surface area contributed by atoms with E-state index in [-0.39, 0.29) is 5.91 Å². The zero-order valence-electron chi connectivity index (χ0n) is 11.7. The van der Waals surface area contributed by atoms with Crippen molar-refractivity contribution in [3.63, 3.8) is 0 Å². The van der Waals surface area contributed by atoms with Gasteiger partial charge in [0.1, 0.15) is 13.2 Å². The van der Waals surface area contributed by atoms with Gasteiger partial charge in [-0.05, 0) is 38.1 Å². The Labute approximate surface area is 118 Å². The number of piperidine rings is 1. The molecule has 0 spiro atoms. The number of likely N-dealkylation sites (tertiary alicyclic amines) is 1. The topological polar surface area (TPSA) is 50.8 Å². The summed E-state index contributed by atoms with van der Waals surface area (Å²) in [6.45, 7) is 2.70. The lowest BCUT2D eigenvalue weighted by Gasteiger charge is -2.32. The van der Waals surface area contributed by atoms with Crippen molar-refractivity contribution in [3.05, 3.63) is 23.8 Å². The lowest BCUT2D eigenvalue weighted by Crippen LogP contribution is -2.46. The molecule has 1 amide bonds.